The maximum absolute atomic E-state index is 13.2. The van der Waals surface area contributed by atoms with Gasteiger partial charge < -0.3 is 5.32 Å². The third kappa shape index (κ3) is 3.50. The van der Waals surface area contributed by atoms with E-state index in [0.717, 1.165) is 5.56 Å². The van der Waals surface area contributed by atoms with Gasteiger partial charge in [0.15, 0.2) is 9.84 Å². The molecule has 1 atom stereocenters. The molecule has 1 aliphatic rings. The zero-order chi connectivity index (χ0) is 12.5. The highest BCUT2D eigenvalue weighted by molar-refractivity contribution is 9.10. The van der Waals surface area contributed by atoms with Gasteiger partial charge in [0.25, 0.3) is 0 Å². The van der Waals surface area contributed by atoms with Gasteiger partial charge >= 0.3 is 0 Å². The number of hydrogen-bond donors (Lipinski definition) is 1. The lowest BCUT2D eigenvalue weighted by atomic mass is 10.2. The van der Waals surface area contributed by atoms with Gasteiger partial charge in [-0.2, -0.15) is 0 Å². The van der Waals surface area contributed by atoms with Crippen LogP contribution in [0.2, 0.25) is 0 Å². The van der Waals surface area contributed by atoms with Crippen LogP contribution in [-0.2, 0) is 16.4 Å². The van der Waals surface area contributed by atoms with E-state index in [0.29, 0.717) is 17.4 Å². The van der Waals surface area contributed by atoms with Gasteiger partial charge in [-0.1, -0.05) is 6.07 Å². The molecular weight excluding hydrogens is 309 g/mol. The summed E-state index contributed by atoms with van der Waals surface area (Å²) in [5.74, 6) is 0.133. The van der Waals surface area contributed by atoms with Gasteiger partial charge in [0.1, 0.15) is 5.82 Å². The summed E-state index contributed by atoms with van der Waals surface area (Å²) in [5, 5.41) is 3.14. The molecule has 1 aliphatic heterocycles. The van der Waals surface area contributed by atoms with Crippen molar-refractivity contribution in [3.05, 3.63) is 34.1 Å². The molecule has 3 nitrogen and oxygen atoms in total. The summed E-state index contributed by atoms with van der Waals surface area (Å²) in [6.07, 6.45) is 0.640. The first kappa shape index (κ1) is 13.0. The van der Waals surface area contributed by atoms with Gasteiger partial charge in [-0.05, 0) is 40.0 Å². The second kappa shape index (κ2) is 5.04. The Kier molecular flexibility index (Phi) is 3.85. The molecule has 94 valence electrons. The Morgan fingerprint density at radius 3 is 2.82 bits per heavy atom. The molecule has 0 saturated carbocycles. The Hall–Kier alpha value is -0.460. The number of benzene rings is 1. The first-order chi connectivity index (χ1) is 7.96. The standard InChI is InChI=1S/C11H13BrFNO2S/c12-10-2-1-8(5-11(10)13)6-14-9-3-4-17(15,16)7-9/h1-2,5,9,14H,3-4,6-7H2. The third-order valence-electron chi connectivity index (χ3n) is 2.81. The van der Waals surface area contributed by atoms with Crippen LogP contribution in [0.15, 0.2) is 22.7 Å². The predicted octanol–water partition coefficient (Wildman–Crippen LogP) is 1.86. The van der Waals surface area contributed by atoms with Crippen LogP contribution in [0, 0.1) is 5.82 Å². The third-order valence-corrected chi connectivity index (χ3v) is 5.22. The van der Waals surface area contributed by atoms with E-state index in [1.165, 1.54) is 6.07 Å². The fourth-order valence-electron chi connectivity index (χ4n) is 1.87. The normalized spacial score (nSPS) is 22.8. The lowest BCUT2D eigenvalue weighted by molar-refractivity contribution is 0.550. The van der Waals surface area contributed by atoms with E-state index in [1.807, 2.05) is 6.07 Å². The summed E-state index contributed by atoms with van der Waals surface area (Å²) in [4.78, 5) is 0. The van der Waals surface area contributed by atoms with Crippen molar-refractivity contribution in [3.63, 3.8) is 0 Å². The molecule has 0 bridgehead atoms. The molecule has 0 radical (unpaired) electrons. The fraction of sp³-hybridized carbons (Fsp3) is 0.455. The minimum absolute atomic E-state index is 0.00768. The number of nitrogens with one attached hydrogen (secondary N) is 1. The summed E-state index contributed by atoms with van der Waals surface area (Å²) >= 11 is 3.09. The van der Waals surface area contributed by atoms with Gasteiger partial charge in [-0.15, -0.1) is 0 Å². The molecule has 0 spiro atoms. The van der Waals surface area contributed by atoms with Crippen LogP contribution in [0.5, 0.6) is 0 Å². The molecule has 1 N–H and O–H groups in total. The summed E-state index contributed by atoms with van der Waals surface area (Å²) in [6, 6.07) is 4.90. The lowest BCUT2D eigenvalue weighted by Gasteiger charge is -2.10. The monoisotopic (exact) mass is 321 g/mol. The van der Waals surface area contributed by atoms with Crippen molar-refractivity contribution in [1.82, 2.24) is 5.32 Å². The second-order valence-electron chi connectivity index (χ2n) is 4.23. The highest BCUT2D eigenvalue weighted by atomic mass is 79.9. The second-order valence-corrected chi connectivity index (χ2v) is 7.31. The number of sulfone groups is 1. The Balaban J connectivity index is 1.92. The summed E-state index contributed by atoms with van der Waals surface area (Å²) in [5.41, 5.74) is 0.815. The van der Waals surface area contributed by atoms with Crippen molar-refractivity contribution < 1.29 is 12.8 Å². The van der Waals surface area contributed by atoms with E-state index in [1.54, 1.807) is 6.07 Å². The van der Waals surface area contributed by atoms with Crippen molar-refractivity contribution in [3.8, 4) is 0 Å². The first-order valence-electron chi connectivity index (χ1n) is 5.34. The van der Waals surface area contributed by atoms with Gasteiger partial charge in [-0.25, -0.2) is 12.8 Å². The minimum Gasteiger partial charge on any atom is -0.309 e. The molecular formula is C11H13BrFNO2S. The Bertz CT molecular complexity index is 518. The van der Waals surface area contributed by atoms with Crippen LogP contribution >= 0.6 is 15.9 Å². The summed E-state index contributed by atoms with van der Waals surface area (Å²) < 4.78 is 36.2. The van der Waals surface area contributed by atoms with Crippen molar-refractivity contribution in [2.75, 3.05) is 11.5 Å². The SMILES string of the molecule is O=S1(=O)CCC(NCc2ccc(Br)c(F)c2)C1. The molecule has 1 fully saturated rings. The number of rotatable bonds is 3. The molecule has 0 amide bonds. The van der Waals surface area contributed by atoms with E-state index < -0.39 is 9.84 Å². The molecule has 17 heavy (non-hydrogen) atoms. The van der Waals surface area contributed by atoms with Crippen LogP contribution in [0.3, 0.4) is 0 Å². The molecule has 2 rings (SSSR count). The van der Waals surface area contributed by atoms with E-state index in [-0.39, 0.29) is 23.4 Å². The van der Waals surface area contributed by atoms with Gasteiger partial charge in [0.2, 0.25) is 0 Å². The van der Waals surface area contributed by atoms with E-state index in [9.17, 15) is 12.8 Å². The Morgan fingerprint density at radius 1 is 1.47 bits per heavy atom. The highest BCUT2D eigenvalue weighted by Crippen LogP contribution is 2.17. The summed E-state index contributed by atoms with van der Waals surface area (Å²) in [6.45, 7) is 0.490. The molecule has 6 heteroatoms. The molecule has 1 unspecified atom stereocenters. The number of hydrogen-bond acceptors (Lipinski definition) is 3. The quantitative estimate of drug-likeness (QED) is 0.924. The average molecular weight is 322 g/mol. The van der Waals surface area contributed by atoms with E-state index in [2.05, 4.69) is 21.2 Å². The molecule has 0 aliphatic carbocycles. The molecule has 1 aromatic rings. The van der Waals surface area contributed by atoms with Crippen LogP contribution in [0.25, 0.3) is 0 Å². The molecule has 1 aromatic carbocycles. The van der Waals surface area contributed by atoms with E-state index in [4.69, 9.17) is 0 Å². The molecule has 1 heterocycles. The Labute approximate surface area is 108 Å². The van der Waals surface area contributed by atoms with Gasteiger partial charge in [0, 0.05) is 12.6 Å². The average Bonchev–Trinajstić information content (AvgIpc) is 2.60. The van der Waals surface area contributed by atoms with Crippen molar-refractivity contribution in [2.45, 2.75) is 19.0 Å². The highest BCUT2D eigenvalue weighted by Gasteiger charge is 2.27. The predicted molar refractivity (Wildman–Crippen MR) is 68.0 cm³/mol. The van der Waals surface area contributed by atoms with Crippen molar-refractivity contribution >= 4 is 25.8 Å². The minimum atomic E-state index is -2.86. The van der Waals surface area contributed by atoms with Gasteiger partial charge in [0.05, 0.1) is 16.0 Å². The van der Waals surface area contributed by atoms with Crippen molar-refractivity contribution in [1.29, 1.82) is 0 Å². The molecule has 1 saturated heterocycles. The smallest absolute Gasteiger partial charge is 0.151 e. The van der Waals surface area contributed by atoms with Gasteiger partial charge in [-0.3, -0.25) is 0 Å². The zero-order valence-corrected chi connectivity index (χ0v) is 11.5. The van der Waals surface area contributed by atoms with Crippen LogP contribution in [0.4, 0.5) is 4.39 Å². The topological polar surface area (TPSA) is 46.2 Å². The first-order valence-corrected chi connectivity index (χ1v) is 7.95. The molecule has 0 aromatic heterocycles. The van der Waals surface area contributed by atoms with Crippen molar-refractivity contribution in [2.24, 2.45) is 0 Å². The van der Waals surface area contributed by atoms with Crippen LogP contribution < -0.4 is 5.32 Å². The van der Waals surface area contributed by atoms with Crippen LogP contribution in [0.1, 0.15) is 12.0 Å². The maximum Gasteiger partial charge on any atom is 0.151 e. The fourth-order valence-corrected chi connectivity index (χ4v) is 3.82. The Morgan fingerprint density at radius 2 is 2.24 bits per heavy atom. The van der Waals surface area contributed by atoms with Crippen LogP contribution in [-0.4, -0.2) is 26.0 Å². The lowest BCUT2D eigenvalue weighted by Crippen LogP contribution is -2.29. The summed E-state index contributed by atoms with van der Waals surface area (Å²) in [7, 11) is -2.86. The maximum atomic E-state index is 13.2. The van der Waals surface area contributed by atoms with E-state index >= 15 is 0 Å². The number of halogens is 2. The largest absolute Gasteiger partial charge is 0.309 e. The zero-order valence-electron chi connectivity index (χ0n) is 9.12.